The highest BCUT2D eigenvalue weighted by Crippen LogP contribution is 2.31. The Kier molecular flexibility index (Phi) is 4.52. The molecule has 2 heterocycles. The predicted molar refractivity (Wildman–Crippen MR) is 82.8 cm³/mol. The Labute approximate surface area is 136 Å². The van der Waals surface area contributed by atoms with Crippen LogP contribution in [0.15, 0.2) is 12.1 Å². The van der Waals surface area contributed by atoms with E-state index < -0.39 is 17.5 Å². The Morgan fingerprint density at radius 1 is 1.48 bits per heavy atom. The first-order valence-corrected chi connectivity index (χ1v) is 7.58. The molecule has 3 rings (SSSR count). The average molecular weight is 344 g/mol. The van der Waals surface area contributed by atoms with Gasteiger partial charge in [0, 0.05) is 26.7 Å². The van der Waals surface area contributed by atoms with Crippen LogP contribution in [-0.4, -0.2) is 55.2 Å². The lowest BCUT2D eigenvalue weighted by Crippen LogP contribution is -2.55. The van der Waals surface area contributed by atoms with Crippen molar-refractivity contribution >= 4 is 28.4 Å². The second-order valence-corrected chi connectivity index (χ2v) is 5.79. The molecule has 1 atom stereocenters. The normalized spacial score (nSPS) is 18.6. The number of hydrogen-bond acceptors (Lipinski definition) is 3. The highest BCUT2D eigenvalue weighted by Gasteiger charge is 2.31. The van der Waals surface area contributed by atoms with Gasteiger partial charge in [0.1, 0.15) is 11.5 Å². The summed E-state index contributed by atoms with van der Waals surface area (Å²) in [6, 6.07) is 2.30. The number of carbonyl (C=O) groups is 1. The van der Waals surface area contributed by atoms with Crippen LogP contribution in [0.25, 0.3) is 10.9 Å². The second-order valence-electron chi connectivity index (χ2n) is 5.41. The minimum atomic E-state index is -0.829. The number of carbonyl (C=O) groups excluding carboxylic acids is 1. The van der Waals surface area contributed by atoms with Crippen molar-refractivity contribution < 1.29 is 18.3 Å². The van der Waals surface area contributed by atoms with E-state index in [4.69, 9.17) is 16.3 Å². The summed E-state index contributed by atoms with van der Waals surface area (Å²) in [5, 5.41) is 2.73. The van der Waals surface area contributed by atoms with Crippen LogP contribution < -0.4 is 5.32 Å². The first-order chi connectivity index (χ1) is 11.0. The third-order valence-corrected chi connectivity index (χ3v) is 4.35. The van der Waals surface area contributed by atoms with E-state index in [1.165, 1.54) is 6.07 Å². The number of aromatic nitrogens is 1. The summed E-state index contributed by atoms with van der Waals surface area (Å²) in [7, 11) is 1.54. The molecule has 1 aliphatic heterocycles. The number of hydrogen-bond donors (Lipinski definition) is 2. The van der Waals surface area contributed by atoms with Crippen molar-refractivity contribution in [1.82, 2.24) is 15.2 Å². The number of aromatic amines is 1. The van der Waals surface area contributed by atoms with Crippen molar-refractivity contribution in [3.8, 4) is 0 Å². The maximum Gasteiger partial charge on any atom is 0.273 e. The Morgan fingerprint density at radius 3 is 3.00 bits per heavy atom. The summed E-state index contributed by atoms with van der Waals surface area (Å²) in [6.07, 6.45) is 0. The van der Waals surface area contributed by atoms with Gasteiger partial charge in [-0.1, -0.05) is 11.6 Å². The zero-order valence-corrected chi connectivity index (χ0v) is 13.2. The fourth-order valence-corrected chi connectivity index (χ4v) is 3.09. The number of fused-ring (bicyclic) bond motifs is 1. The molecule has 1 fully saturated rings. The predicted octanol–water partition coefficient (Wildman–Crippen LogP) is 2.16. The monoisotopic (exact) mass is 343 g/mol. The van der Waals surface area contributed by atoms with Crippen LogP contribution in [0.5, 0.6) is 0 Å². The van der Waals surface area contributed by atoms with Gasteiger partial charge in [-0.2, -0.15) is 0 Å². The average Bonchev–Trinajstić information content (AvgIpc) is 2.89. The van der Waals surface area contributed by atoms with Gasteiger partial charge in [-0.15, -0.1) is 0 Å². The van der Waals surface area contributed by atoms with E-state index in [9.17, 15) is 13.6 Å². The minimum absolute atomic E-state index is 0.103. The molecule has 1 aliphatic rings. The van der Waals surface area contributed by atoms with E-state index in [1.54, 1.807) is 12.0 Å². The summed E-state index contributed by atoms with van der Waals surface area (Å²) in [6.45, 7) is 1.96. The molecule has 0 radical (unpaired) electrons. The summed E-state index contributed by atoms with van der Waals surface area (Å²) in [5.41, 5.74) is 0.0752. The number of H-pyrrole nitrogens is 1. The van der Waals surface area contributed by atoms with Gasteiger partial charge in [0.25, 0.3) is 5.91 Å². The summed E-state index contributed by atoms with van der Waals surface area (Å²) in [4.78, 5) is 17.0. The maximum absolute atomic E-state index is 14.6. The molecule has 0 saturated carbocycles. The topological polar surface area (TPSA) is 57.4 Å². The van der Waals surface area contributed by atoms with E-state index in [-0.39, 0.29) is 27.7 Å². The van der Waals surface area contributed by atoms with Gasteiger partial charge in [0.15, 0.2) is 5.82 Å². The Bertz CT molecular complexity index is 748. The minimum Gasteiger partial charge on any atom is -0.382 e. The highest BCUT2D eigenvalue weighted by molar-refractivity contribution is 6.35. The molecule has 23 heavy (non-hydrogen) atoms. The summed E-state index contributed by atoms with van der Waals surface area (Å²) < 4.78 is 33.2. The number of ether oxygens (including phenoxy) is 1. The zero-order chi connectivity index (χ0) is 16.6. The molecule has 2 aromatic rings. The van der Waals surface area contributed by atoms with E-state index >= 15 is 0 Å². The number of methoxy groups -OCH3 is 1. The number of rotatable bonds is 3. The van der Waals surface area contributed by atoms with Crippen molar-refractivity contribution in [1.29, 1.82) is 0 Å². The third kappa shape index (κ3) is 2.80. The summed E-state index contributed by atoms with van der Waals surface area (Å²) >= 11 is 5.82. The smallest absolute Gasteiger partial charge is 0.273 e. The van der Waals surface area contributed by atoms with Crippen LogP contribution >= 0.6 is 11.6 Å². The van der Waals surface area contributed by atoms with Crippen molar-refractivity contribution in [2.45, 2.75) is 6.04 Å². The number of benzene rings is 1. The third-order valence-electron chi connectivity index (χ3n) is 3.98. The lowest BCUT2D eigenvalue weighted by molar-refractivity contribution is 0.0458. The molecule has 1 aromatic heterocycles. The van der Waals surface area contributed by atoms with Gasteiger partial charge in [0.2, 0.25) is 0 Å². The number of nitrogens with zero attached hydrogens (tertiary/aromatic N) is 1. The molecule has 1 aromatic carbocycles. The first kappa shape index (κ1) is 16.2. The number of halogens is 3. The van der Waals surface area contributed by atoms with Crippen LogP contribution in [0.4, 0.5) is 8.78 Å². The Morgan fingerprint density at radius 2 is 2.26 bits per heavy atom. The fraction of sp³-hybridized carbons (Fsp3) is 0.400. The fourth-order valence-electron chi connectivity index (χ4n) is 2.84. The van der Waals surface area contributed by atoms with E-state index in [1.807, 2.05) is 0 Å². The molecule has 0 unspecified atom stereocenters. The number of nitrogens with one attached hydrogen (secondary N) is 2. The van der Waals surface area contributed by atoms with E-state index in [0.29, 0.717) is 26.2 Å². The molecule has 1 saturated heterocycles. The quantitative estimate of drug-likeness (QED) is 0.898. The molecule has 0 aliphatic carbocycles. The van der Waals surface area contributed by atoms with Gasteiger partial charge in [0.05, 0.1) is 28.6 Å². The standard InChI is InChI=1S/C15H16ClF2N3O2/c1-23-7-8-6-19-4-5-21(8)15(22)14-13(18)11-10(20-14)3-2-9(17)12(11)16/h2-3,8,19-20H,4-7H2,1H3/t8-/m1/s1. The number of amides is 1. The molecule has 2 N–H and O–H groups in total. The maximum atomic E-state index is 14.6. The van der Waals surface area contributed by atoms with Gasteiger partial charge < -0.3 is 19.9 Å². The van der Waals surface area contributed by atoms with Crippen molar-refractivity contribution in [3.05, 3.63) is 34.5 Å². The van der Waals surface area contributed by atoms with E-state index in [2.05, 4.69) is 10.3 Å². The lowest BCUT2D eigenvalue weighted by Gasteiger charge is -2.35. The van der Waals surface area contributed by atoms with Crippen LogP contribution in [0.3, 0.4) is 0 Å². The molecule has 5 nitrogen and oxygen atoms in total. The van der Waals surface area contributed by atoms with Crippen molar-refractivity contribution in [3.63, 3.8) is 0 Å². The molecule has 8 heteroatoms. The van der Waals surface area contributed by atoms with Crippen LogP contribution in [-0.2, 0) is 4.74 Å². The first-order valence-electron chi connectivity index (χ1n) is 7.20. The lowest BCUT2D eigenvalue weighted by atomic mass is 10.1. The summed E-state index contributed by atoms with van der Waals surface area (Å²) in [5.74, 6) is -2.04. The van der Waals surface area contributed by atoms with Crippen molar-refractivity contribution in [2.24, 2.45) is 0 Å². The highest BCUT2D eigenvalue weighted by atomic mass is 35.5. The van der Waals surface area contributed by atoms with Gasteiger partial charge in [-0.3, -0.25) is 4.79 Å². The molecular weight excluding hydrogens is 328 g/mol. The van der Waals surface area contributed by atoms with Crippen molar-refractivity contribution in [2.75, 3.05) is 33.4 Å². The molecule has 0 spiro atoms. The molecule has 124 valence electrons. The van der Waals surface area contributed by atoms with Gasteiger partial charge in [-0.25, -0.2) is 8.78 Å². The number of piperazine rings is 1. The molecule has 0 bridgehead atoms. The largest absolute Gasteiger partial charge is 0.382 e. The Hall–Kier alpha value is -1.70. The second kappa shape index (κ2) is 6.43. The zero-order valence-electron chi connectivity index (χ0n) is 12.5. The molecule has 1 amide bonds. The SMILES string of the molecule is COC[C@H]1CNCCN1C(=O)c1[nH]c2ccc(F)c(Cl)c2c1F. The van der Waals surface area contributed by atoms with Gasteiger partial charge in [-0.05, 0) is 12.1 Å². The van der Waals surface area contributed by atoms with E-state index in [0.717, 1.165) is 6.07 Å². The van der Waals surface area contributed by atoms with Crippen LogP contribution in [0.2, 0.25) is 5.02 Å². The Balaban J connectivity index is 2.00. The molecular formula is C15H16ClF2N3O2. The van der Waals surface area contributed by atoms with Gasteiger partial charge >= 0.3 is 0 Å². The van der Waals surface area contributed by atoms with Crippen LogP contribution in [0, 0.1) is 11.6 Å². The van der Waals surface area contributed by atoms with Crippen LogP contribution in [0.1, 0.15) is 10.5 Å².